The predicted molar refractivity (Wildman–Crippen MR) is 139 cm³/mol. The number of ether oxygens (including phenoxy) is 2. The van der Waals surface area contributed by atoms with Gasteiger partial charge in [-0.1, -0.05) is 36.4 Å². The second kappa shape index (κ2) is 10.0. The summed E-state index contributed by atoms with van der Waals surface area (Å²) in [6, 6.07) is 20.4. The molecule has 182 valence electrons. The fourth-order valence-electron chi connectivity index (χ4n) is 4.41. The van der Waals surface area contributed by atoms with Gasteiger partial charge in [-0.3, -0.25) is 14.2 Å². The van der Waals surface area contributed by atoms with E-state index in [2.05, 4.69) is 5.10 Å². The Balaban J connectivity index is 1.48. The molecule has 8 heteroatoms. The third-order valence-corrected chi connectivity index (χ3v) is 6.32. The molecule has 3 aromatic carbocycles. The first-order chi connectivity index (χ1) is 17.6. The van der Waals surface area contributed by atoms with Crippen molar-refractivity contribution in [3.63, 3.8) is 0 Å². The average Bonchev–Trinajstić information content (AvgIpc) is 2.92. The van der Waals surface area contributed by atoms with Crippen molar-refractivity contribution in [3.8, 4) is 11.5 Å². The molecule has 0 N–H and O–H groups in total. The minimum absolute atomic E-state index is 0.102. The van der Waals surface area contributed by atoms with Gasteiger partial charge in [0.1, 0.15) is 5.82 Å². The van der Waals surface area contributed by atoms with Gasteiger partial charge in [-0.25, -0.2) is 9.67 Å². The molecule has 0 fully saturated rings. The summed E-state index contributed by atoms with van der Waals surface area (Å²) in [6.45, 7) is 0.742. The van der Waals surface area contributed by atoms with Crippen molar-refractivity contribution in [2.45, 2.75) is 25.9 Å². The summed E-state index contributed by atoms with van der Waals surface area (Å²) in [5.74, 6) is 1.90. The molecule has 0 aliphatic carbocycles. The first kappa shape index (κ1) is 23.3. The van der Waals surface area contributed by atoms with Crippen molar-refractivity contribution >= 4 is 21.7 Å². The highest BCUT2D eigenvalue weighted by molar-refractivity contribution is 5.80. The van der Waals surface area contributed by atoms with Gasteiger partial charge < -0.3 is 9.47 Å². The summed E-state index contributed by atoms with van der Waals surface area (Å²) in [5, 5.41) is 6.31. The number of hydrogen-bond acceptors (Lipinski definition) is 6. The largest absolute Gasteiger partial charge is 0.493 e. The highest BCUT2D eigenvalue weighted by Crippen LogP contribution is 2.27. The van der Waals surface area contributed by atoms with Crippen LogP contribution in [0.25, 0.3) is 21.7 Å². The minimum atomic E-state index is -0.159. The van der Waals surface area contributed by atoms with E-state index in [1.54, 1.807) is 37.1 Å². The average molecular weight is 483 g/mol. The van der Waals surface area contributed by atoms with E-state index < -0.39 is 0 Å². The Labute approximate surface area is 207 Å². The summed E-state index contributed by atoms with van der Waals surface area (Å²) in [4.78, 5) is 31.2. The third kappa shape index (κ3) is 4.45. The van der Waals surface area contributed by atoms with Gasteiger partial charge in [-0.15, -0.1) is 0 Å². The number of fused-ring (bicyclic) bond motifs is 2. The molecule has 2 heterocycles. The van der Waals surface area contributed by atoms with Gasteiger partial charge >= 0.3 is 0 Å². The summed E-state index contributed by atoms with van der Waals surface area (Å²) in [6.07, 6.45) is 2.67. The van der Waals surface area contributed by atoms with Crippen LogP contribution in [0, 0.1) is 0 Å². The number of aryl methyl sites for hydroxylation is 3. The van der Waals surface area contributed by atoms with Crippen LogP contribution in [-0.2, 0) is 25.9 Å². The second-order valence-corrected chi connectivity index (χ2v) is 8.45. The van der Waals surface area contributed by atoms with E-state index >= 15 is 0 Å². The van der Waals surface area contributed by atoms with Crippen LogP contribution in [0.4, 0.5) is 0 Å². The summed E-state index contributed by atoms with van der Waals surface area (Å²) >= 11 is 0. The van der Waals surface area contributed by atoms with Gasteiger partial charge in [0.15, 0.2) is 11.5 Å². The maximum absolute atomic E-state index is 13.4. The fraction of sp³-hybridized carbons (Fsp3) is 0.214. The zero-order valence-electron chi connectivity index (χ0n) is 20.2. The molecule has 2 aromatic heterocycles. The molecule has 0 bridgehead atoms. The Morgan fingerprint density at radius 3 is 2.33 bits per heavy atom. The summed E-state index contributed by atoms with van der Waals surface area (Å²) < 4.78 is 13.9. The van der Waals surface area contributed by atoms with Crippen LogP contribution in [0.2, 0.25) is 0 Å². The van der Waals surface area contributed by atoms with Crippen molar-refractivity contribution in [3.05, 3.63) is 105 Å². The Bertz CT molecular complexity index is 1670. The molecule has 36 heavy (non-hydrogen) atoms. The number of para-hydroxylation sites is 1. The van der Waals surface area contributed by atoms with E-state index in [-0.39, 0.29) is 11.1 Å². The lowest BCUT2D eigenvalue weighted by atomic mass is 10.1. The lowest BCUT2D eigenvalue weighted by molar-refractivity contribution is 0.354. The standard InChI is InChI=1S/C28H26N4O4/c1-35-24-12-11-19(17-25(24)36-2)13-15-31-26(30-23-10-6-5-9-22(23)27(31)33)14-16-32-28(34)21-8-4-3-7-20(21)18-29-32/h3-12,17-18H,13-16H2,1-2H3. The Hall–Kier alpha value is -4.46. The molecule has 0 spiro atoms. The SMILES string of the molecule is COc1ccc(CCn2c(CCn3ncc4ccccc4c3=O)nc3ccccc3c2=O)cc1OC. The minimum Gasteiger partial charge on any atom is -0.493 e. The number of hydrogen-bond donors (Lipinski definition) is 0. The van der Waals surface area contributed by atoms with Gasteiger partial charge in [0.2, 0.25) is 0 Å². The van der Waals surface area contributed by atoms with Crippen molar-refractivity contribution in [2.24, 2.45) is 0 Å². The lowest BCUT2D eigenvalue weighted by Gasteiger charge is -2.15. The topological polar surface area (TPSA) is 88.2 Å². The quantitative estimate of drug-likeness (QED) is 0.336. The summed E-state index contributed by atoms with van der Waals surface area (Å²) in [7, 11) is 3.19. The van der Waals surface area contributed by atoms with E-state index in [9.17, 15) is 9.59 Å². The van der Waals surface area contributed by atoms with Crippen LogP contribution < -0.4 is 20.6 Å². The maximum Gasteiger partial charge on any atom is 0.274 e. The van der Waals surface area contributed by atoms with E-state index in [0.717, 1.165) is 10.9 Å². The second-order valence-electron chi connectivity index (χ2n) is 8.45. The lowest BCUT2D eigenvalue weighted by Crippen LogP contribution is -2.29. The molecule has 0 saturated carbocycles. The third-order valence-electron chi connectivity index (χ3n) is 6.32. The molecule has 0 aliphatic rings. The van der Waals surface area contributed by atoms with Crippen LogP contribution >= 0.6 is 0 Å². The molecule has 0 saturated heterocycles. The van der Waals surface area contributed by atoms with E-state index in [0.29, 0.717) is 59.5 Å². The molecule has 5 aromatic rings. The molecule has 0 unspecified atom stereocenters. The molecule has 0 amide bonds. The van der Waals surface area contributed by atoms with Crippen LogP contribution in [0.3, 0.4) is 0 Å². The smallest absolute Gasteiger partial charge is 0.274 e. The fourth-order valence-corrected chi connectivity index (χ4v) is 4.41. The van der Waals surface area contributed by atoms with Crippen LogP contribution in [0.5, 0.6) is 11.5 Å². The zero-order chi connectivity index (χ0) is 25.1. The number of benzene rings is 3. The van der Waals surface area contributed by atoms with Crippen molar-refractivity contribution in [1.29, 1.82) is 0 Å². The van der Waals surface area contributed by atoms with Gasteiger partial charge in [0.25, 0.3) is 11.1 Å². The Morgan fingerprint density at radius 2 is 1.53 bits per heavy atom. The van der Waals surface area contributed by atoms with E-state index in [4.69, 9.17) is 14.5 Å². The van der Waals surface area contributed by atoms with Gasteiger partial charge in [0.05, 0.1) is 43.3 Å². The van der Waals surface area contributed by atoms with E-state index in [1.807, 2.05) is 54.6 Å². The number of nitrogens with zero attached hydrogens (tertiary/aromatic N) is 4. The molecule has 8 nitrogen and oxygen atoms in total. The molecule has 0 atom stereocenters. The van der Waals surface area contributed by atoms with Gasteiger partial charge in [-0.2, -0.15) is 5.10 Å². The first-order valence-corrected chi connectivity index (χ1v) is 11.7. The molecule has 0 aliphatic heterocycles. The molecular formula is C28H26N4O4. The molecule has 5 rings (SSSR count). The van der Waals surface area contributed by atoms with Crippen molar-refractivity contribution in [1.82, 2.24) is 19.3 Å². The Morgan fingerprint density at radius 1 is 0.778 bits per heavy atom. The highest BCUT2D eigenvalue weighted by Gasteiger charge is 2.13. The van der Waals surface area contributed by atoms with Gasteiger partial charge in [0, 0.05) is 18.4 Å². The van der Waals surface area contributed by atoms with Crippen LogP contribution in [-0.4, -0.2) is 33.6 Å². The normalized spacial score (nSPS) is 11.2. The first-order valence-electron chi connectivity index (χ1n) is 11.7. The number of rotatable bonds is 8. The molecular weight excluding hydrogens is 456 g/mol. The Kier molecular flexibility index (Phi) is 6.49. The van der Waals surface area contributed by atoms with Crippen LogP contribution in [0.1, 0.15) is 11.4 Å². The summed E-state index contributed by atoms with van der Waals surface area (Å²) in [5.41, 5.74) is 1.38. The monoisotopic (exact) mass is 482 g/mol. The highest BCUT2D eigenvalue weighted by atomic mass is 16.5. The van der Waals surface area contributed by atoms with Crippen LogP contribution in [0.15, 0.2) is 82.5 Å². The zero-order valence-corrected chi connectivity index (χ0v) is 20.2. The maximum atomic E-state index is 13.4. The molecule has 0 radical (unpaired) electrons. The van der Waals surface area contributed by atoms with Crippen molar-refractivity contribution in [2.75, 3.05) is 14.2 Å². The van der Waals surface area contributed by atoms with E-state index in [1.165, 1.54) is 4.68 Å². The van der Waals surface area contributed by atoms with Gasteiger partial charge in [-0.05, 0) is 42.3 Å². The van der Waals surface area contributed by atoms with Crippen molar-refractivity contribution < 1.29 is 9.47 Å². The number of methoxy groups -OCH3 is 2. The number of aromatic nitrogens is 4. The predicted octanol–water partition coefficient (Wildman–Crippen LogP) is 3.61.